The van der Waals surface area contributed by atoms with Gasteiger partial charge in [0.15, 0.2) is 0 Å². The summed E-state index contributed by atoms with van der Waals surface area (Å²) in [6.07, 6.45) is -0.586. The molecular formula is C16H19N3O3. The molecule has 0 bridgehead atoms. The second-order valence-corrected chi connectivity index (χ2v) is 6.23. The number of hydrogen-bond acceptors (Lipinski definition) is 4. The van der Waals surface area contributed by atoms with E-state index in [9.17, 15) is 9.59 Å². The lowest BCUT2D eigenvalue weighted by atomic mass is 10.1. The average molecular weight is 301 g/mol. The third-order valence-corrected chi connectivity index (χ3v) is 3.13. The predicted octanol–water partition coefficient (Wildman–Crippen LogP) is 1.79. The second kappa shape index (κ2) is 6.06. The summed E-state index contributed by atoms with van der Waals surface area (Å²) in [6.45, 7) is 6.17. The summed E-state index contributed by atoms with van der Waals surface area (Å²) >= 11 is 0. The van der Waals surface area contributed by atoms with Gasteiger partial charge in [-0.05, 0) is 38.5 Å². The highest BCUT2D eigenvalue weighted by molar-refractivity contribution is 5.91. The van der Waals surface area contributed by atoms with E-state index in [-0.39, 0.29) is 5.91 Å². The molecule has 0 aromatic heterocycles. The molecule has 1 aliphatic heterocycles. The van der Waals surface area contributed by atoms with Crippen LogP contribution < -0.4 is 5.32 Å². The summed E-state index contributed by atoms with van der Waals surface area (Å²) < 4.78 is 5.12. The Morgan fingerprint density at radius 3 is 2.82 bits per heavy atom. The minimum atomic E-state index is -0.589. The van der Waals surface area contributed by atoms with Gasteiger partial charge in [-0.15, -0.1) is 0 Å². The van der Waals surface area contributed by atoms with E-state index in [0.29, 0.717) is 18.7 Å². The Balaban J connectivity index is 1.85. The molecule has 0 radical (unpaired) electrons. The predicted molar refractivity (Wildman–Crippen MR) is 79.7 cm³/mol. The molecule has 2 rings (SSSR count). The highest BCUT2D eigenvalue weighted by atomic mass is 16.6. The quantitative estimate of drug-likeness (QED) is 0.863. The van der Waals surface area contributed by atoms with Crippen LogP contribution >= 0.6 is 0 Å². The number of β-lactam (4-membered cyclic amide) rings is 1. The van der Waals surface area contributed by atoms with Crippen molar-refractivity contribution in [1.29, 1.82) is 5.26 Å². The molecule has 6 nitrogen and oxygen atoms in total. The Morgan fingerprint density at radius 1 is 1.50 bits per heavy atom. The van der Waals surface area contributed by atoms with E-state index in [2.05, 4.69) is 11.4 Å². The minimum absolute atomic E-state index is 0.145. The molecule has 0 aliphatic carbocycles. The molecule has 2 amide bonds. The number of rotatable bonds is 3. The normalized spacial score (nSPS) is 17.5. The fourth-order valence-corrected chi connectivity index (χ4v) is 2.16. The van der Waals surface area contributed by atoms with Crippen molar-refractivity contribution in [2.75, 3.05) is 6.54 Å². The van der Waals surface area contributed by atoms with Gasteiger partial charge in [-0.1, -0.05) is 12.1 Å². The van der Waals surface area contributed by atoms with Crippen LogP contribution in [0.1, 0.15) is 31.9 Å². The summed E-state index contributed by atoms with van der Waals surface area (Å²) in [7, 11) is 0. The highest BCUT2D eigenvalue weighted by Crippen LogP contribution is 2.16. The van der Waals surface area contributed by atoms with Crippen LogP contribution in [0.3, 0.4) is 0 Å². The van der Waals surface area contributed by atoms with Gasteiger partial charge < -0.3 is 15.0 Å². The first-order valence-corrected chi connectivity index (χ1v) is 7.06. The Bertz CT molecular complexity index is 628. The van der Waals surface area contributed by atoms with Gasteiger partial charge in [-0.3, -0.25) is 4.79 Å². The van der Waals surface area contributed by atoms with E-state index in [4.69, 9.17) is 10.00 Å². The van der Waals surface area contributed by atoms with Gasteiger partial charge in [0.25, 0.3) is 0 Å². The maximum absolute atomic E-state index is 12.0. The number of carbonyl (C=O) groups excluding carboxylic acids is 2. The van der Waals surface area contributed by atoms with Gasteiger partial charge in [0.05, 0.1) is 18.2 Å². The number of nitrogens with one attached hydrogen (secondary N) is 1. The lowest BCUT2D eigenvalue weighted by molar-refractivity contribution is -0.144. The number of likely N-dealkylation sites (tertiary alicyclic amines) is 1. The van der Waals surface area contributed by atoms with E-state index in [1.807, 2.05) is 6.07 Å². The average Bonchev–Trinajstić information content (AvgIpc) is 2.44. The van der Waals surface area contributed by atoms with Crippen LogP contribution in [0.5, 0.6) is 0 Å². The Hall–Kier alpha value is -2.55. The molecule has 0 unspecified atom stereocenters. The smallest absolute Gasteiger partial charge is 0.408 e. The summed E-state index contributed by atoms with van der Waals surface area (Å²) in [5.74, 6) is -0.145. The number of amides is 2. The van der Waals surface area contributed by atoms with Crippen LogP contribution in [-0.4, -0.2) is 35.1 Å². The molecule has 1 atom stereocenters. The number of carbonyl (C=O) groups is 2. The van der Waals surface area contributed by atoms with Gasteiger partial charge in [-0.2, -0.15) is 5.26 Å². The fraction of sp³-hybridized carbons (Fsp3) is 0.438. The fourth-order valence-electron chi connectivity index (χ4n) is 2.16. The molecule has 1 aromatic carbocycles. The molecule has 1 heterocycles. The number of ether oxygens (including phenoxy) is 1. The van der Waals surface area contributed by atoms with Gasteiger partial charge in [0.1, 0.15) is 11.6 Å². The van der Waals surface area contributed by atoms with Crippen molar-refractivity contribution in [1.82, 2.24) is 10.2 Å². The molecule has 1 aliphatic rings. The lowest BCUT2D eigenvalue weighted by Crippen LogP contribution is -2.63. The number of hydrogen-bond donors (Lipinski definition) is 1. The van der Waals surface area contributed by atoms with Crippen LogP contribution in [0.4, 0.5) is 4.79 Å². The van der Waals surface area contributed by atoms with Crippen LogP contribution in [0, 0.1) is 11.3 Å². The summed E-state index contributed by atoms with van der Waals surface area (Å²) in [6, 6.07) is 8.65. The first-order chi connectivity index (χ1) is 10.3. The molecule has 1 N–H and O–H groups in total. The van der Waals surface area contributed by atoms with Crippen molar-refractivity contribution < 1.29 is 14.3 Å². The number of nitriles is 1. The first-order valence-electron chi connectivity index (χ1n) is 7.06. The summed E-state index contributed by atoms with van der Waals surface area (Å²) in [5, 5.41) is 11.4. The molecular weight excluding hydrogens is 282 g/mol. The largest absolute Gasteiger partial charge is 0.444 e. The zero-order valence-electron chi connectivity index (χ0n) is 12.9. The topological polar surface area (TPSA) is 82.4 Å². The molecule has 0 spiro atoms. The highest BCUT2D eigenvalue weighted by Gasteiger charge is 2.38. The monoisotopic (exact) mass is 301 g/mol. The van der Waals surface area contributed by atoms with Crippen LogP contribution in [0.25, 0.3) is 0 Å². The zero-order chi connectivity index (χ0) is 16.3. The summed E-state index contributed by atoms with van der Waals surface area (Å²) in [5.41, 5.74) is 0.867. The molecule has 1 aromatic rings. The maximum atomic E-state index is 12.0. The second-order valence-electron chi connectivity index (χ2n) is 6.23. The Morgan fingerprint density at radius 2 is 2.23 bits per heavy atom. The third-order valence-electron chi connectivity index (χ3n) is 3.13. The number of nitrogens with zero attached hydrogens (tertiary/aromatic N) is 2. The number of benzene rings is 1. The summed E-state index contributed by atoms with van der Waals surface area (Å²) in [4.78, 5) is 25.3. The molecule has 1 saturated heterocycles. The number of alkyl carbamates (subject to hydrolysis) is 1. The van der Waals surface area contributed by atoms with Crippen molar-refractivity contribution >= 4 is 12.0 Å². The standard InChI is InChI=1S/C16H19N3O3/c1-16(2,3)22-15(21)18-13-10-19(14(13)20)9-12-6-4-5-11(7-12)8-17/h4-7,13H,9-10H2,1-3H3,(H,18,21)/t13-/m0/s1. The van der Waals surface area contributed by atoms with Crippen molar-refractivity contribution in [3.63, 3.8) is 0 Å². The molecule has 0 saturated carbocycles. The van der Waals surface area contributed by atoms with E-state index in [1.165, 1.54) is 0 Å². The van der Waals surface area contributed by atoms with E-state index < -0.39 is 17.7 Å². The third kappa shape index (κ3) is 3.98. The molecule has 1 fully saturated rings. The Kier molecular flexibility index (Phi) is 4.36. The molecule has 22 heavy (non-hydrogen) atoms. The van der Waals surface area contributed by atoms with Gasteiger partial charge in [0.2, 0.25) is 5.91 Å². The van der Waals surface area contributed by atoms with Crippen molar-refractivity contribution in [2.24, 2.45) is 0 Å². The van der Waals surface area contributed by atoms with Gasteiger partial charge in [-0.25, -0.2) is 4.79 Å². The van der Waals surface area contributed by atoms with Crippen LogP contribution in [0.2, 0.25) is 0 Å². The van der Waals surface area contributed by atoms with Crippen LogP contribution in [-0.2, 0) is 16.1 Å². The molecule has 116 valence electrons. The first kappa shape index (κ1) is 15.8. The van der Waals surface area contributed by atoms with Gasteiger partial charge in [0, 0.05) is 6.54 Å². The Labute approximate surface area is 129 Å². The molecule has 6 heteroatoms. The van der Waals surface area contributed by atoms with E-state index in [0.717, 1.165) is 5.56 Å². The van der Waals surface area contributed by atoms with Crippen molar-refractivity contribution in [3.8, 4) is 6.07 Å². The van der Waals surface area contributed by atoms with Crippen molar-refractivity contribution in [2.45, 2.75) is 39.0 Å². The minimum Gasteiger partial charge on any atom is -0.444 e. The SMILES string of the molecule is CC(C)(C)OC(=O)N[C@H]1CN(Cc2cccc(C#N)c2)C1=O. The lowest BCUT2D eigenvalue weighted by Gasteiger charge is -2.38. The van der Waals surface area contributed by atoms with Crippen LogP contribution in [0.15, 0.2) is 24.3 Å². The van der Waals surface area contributed by atoms with E-state index >= 15 is 0 Å². The van der Waals surface area contributed by atoms with Crippen molar-refractivity contribution in [3.05, 3.63) is 35.4 Å². The van der Waals surface area contributed by atoms with Gasteiger partial charge >= 0.3 is 6.09 Å². The maximum Gasteiger partial charge on any atom is 0.408 e. The zero-order valence-corrected chi connectivity index (χ0v) is 12.9. The van der Waals surface area contributed by atoms with E-state index in [1.54, 1.807) is 43.9 Å².